The molecule has 3 aromatic rings. The Bertz CT molecular complexity index is 713. The summed E-state index contributed by atoms with van der Waals surface area (Å²) in [5.74, 6) is 3.10. The van der Waals surface area contributed by atoms with Crippen LogP contribution in [0.5, 0.6) is 0 Å². The maximum Gasteiger partial charge on any atom is 0.230 e. The van der Waals surface area contributed by atoms with Crippen molar-refractivity contribution in [1.29, 1.82) is 0 Å². The Morgan fingerprint density at radius 1 is 1.40 bits per heavy atom. The third-order valence-corrected chi connectivity index (χ3v) is 3.76. The van der Waals surface area contributed by atoms with Crippen molar-refractivity contribution in [2.75, 3.05) is 0 Å². The van der Waals surface area contributed by atoms with Crippen LogP contribution in [0.1, 0.15) is 41.4 Å². The van der Waals surface area contributed by atoms with E-state index >= 15 is 0 Å². The maximum atomic E-state index is 5.42. The van der Waals surface area contributed by atoms with E-state index in [2.05, 4.69) is 15.1 Å². The van der Waals surface area contributed by atoms with Gasteiger partial charge in [-0.2, -0.15) is 4.98 Å². The fourth-order valence-electron chi connectivity index (χ4n) is 2.49. The lowest BCUT2D eigenvalue weighted by atomic mass is 10.2. The first kappa shape index (κ1) is 11.5. The molecule has 3 aromatic heterocycles. The molecule has 2 atom stereocenters. The van der Waals surface area contributed by atoms with E-state index in [0.717, 1.165) is 17.9 Å². The van der Waals surface area contributed by atoms with E-state index in [9.17, 15) is 0 Å². The fraction of sp³-hybridized carbons (Fsp3) is 0.357. The second kappa shape index (κ2) is 4.33. The Morgan fingerprint density at radius 3 is 3.10 bits per heavy atom. The summed E-state index contributed by atoms with van der Waals surface area (Å²) in [4.78, 5) is 8.57. The molecule has 4 rings (SSSR count). The van der Waals surface area contributed by atoms with Gasteiger partial charge in [-0.25, -0.2) is 4.98 Å². The van der Waals surface area contributed by atoms with E-state index in [1.165, 1.54) is 0 Å². The van der Waals surface area contributed by atoms with Crippen LogP contribution in [0, 0.1) is 0 Å². The Morgan fingerprint density at radius 2 is 2.35 bits per heavy atom. The molecule has 1 fully saturated rings. The van der Waals surface area contributed by atoms with E-state index < -0.39 is 0 Å². The largest absolute Gasteiger partial charge is 0.469 e. The Balaban J connectivity index is 1.48. The van der Waals surface area contributed by atoms with Crippen molar-refractivity contribution in [3.8, 4) is 0 Å². The lowest BCUT2D eigenvalue weighted by Crippen LogP contribution is -1.98. The highest BCUT2D eigenvalue weighted by atomic mass is 16.5. The topological polar surface area (TPSA) is 69.9 Å². The van der Waals surface area contributed by atoms with Gasteiger partial charge in [0.2, 0.25) is 5.89 Å². The van der Waals surface area contributed by atoms with Gasteiger partial charge >= 0.3 is 0 Å². The van der Waals surface area contributed by atoms with Gasteiger partial charge in [0, 0.05) is 30.8 Å². The molecule has 3 heterocycles. The SMILES string of the molecule is Cn1cncc1Cc1noc([C@@H]2C[C@@H]2c2ccco2)n1. The molecule has 0 aliphatic heterocycles. The van der Waals surface area contributed by atoms with Gasteiger partial charge in [0.05, 0.1) is 19.0 Å². The summed E-state index contributed by atoms with van der Waals surface area (Å²) in [6.07, 6.45) is 6.94. The van der Waals surface area contributed by atoms with Gasteiger partial charge in [0.1, 0.15) is 5.76 Å². The molecular weight excluding hydrogens is 256 g/mol. The van der Waals surface area contributed by atoms with Crippen molar-refractivity contribution in [3.05, 3.63) is 54.1 Å². The normalized spacial score (nSPS) is 21.2. The summed E-state index contributed by atoms with van der Waals surface area (Å²) in [7, 11) is 1.96. The Kier molecular flexibility index (Phi) is 2.48. The van der Waals surface area contributed by atoms with Crippen molar-refractivity contribution < 1.29 is 8.94 Å². The van der Waals surface area contributed by atoms with Gasteiger partial charge in [-0.15, -0.1) is 0 Å². The molecule has 0 amide bonds. The molecule has 1 aliphatic rings. The van der Waals surface area contributed by atoms with E-state index in [1.54, 1.807) is 12.6 Å². The quantitative estimate of drug-likeness (QED) is 0.727. The highest BCUT2D eigenvalue weighted by molar-refractivity contribution is 5.23. The van der Waals surface area contributed by atoms with E-state index in [0.29, 0.717) is 30.0 Å². The van der Waals surface area contributed by atoms with Crippen molar-refractivity contribution in [2.24, 2.45) is 7.05 Å². The molecule has 102 valence electrons. The molecule has 6 heteroatoms. The number of hydrogen-bond acceptors (Lipinski definition) is 5. The molecule has 0 aromatic carbocycles. The van der Waals surface area contributed by atoms with Crippen LogP contribution >= 0.6 is 0 Å². The predicted molar refractivity (Wildman–Crippen MR) is 69.1 cm³/mol. The fourth-order valence-corrected chi connectivity index (χ4v) is 2.49. The number of hydrogen-bond donors (Lipinski definition) is 0. The molecule has 0 saturated heterocycles. The summed E-state index contributed by atoms with van der Waals surface area (Å²) >= 11 is 0. The highest BCUT2D eigenvalue weighted by Crippen LogP contribution is 2.54. The molecule has 1 saturated carbocycles. The van der Waals surface area contributed by atoms with E-state index in [1.807, 2.05) is 29.9 Å². The number of furan rings is 1. The van der Waals surface area contributed by atoms with Crippen LogP contribution < -0.4 is 0 Å². The van der Waals surface area contributed by atoms with Crippen molar-refractivity contribution in [2.45, 2.75) is 24.7 Å². The van der Waals surface area contributed by atoms with Crippen LogP contribution in [-0.2, 0) is 13.5 Å². The third-order valence-electron chi connectivity index (χ3n) is 3.76. The standard InChI is InChI=1S/C14H14N4O2/c1-18-8-15-7-9(18)5-13-16-14(20-17-13)11-6-10(11)12-3-2-4-19-12/h2-4,7-8,10-11H,5-6H2,1H3/t10-,11+/m0/s1. The summed E-state index contributed by atoms with van der Waals surface area (Å²) in [5.41, 5.74) is 1.07. The molecule has 20 heavy (non-hydrogen) atoms. The molecule has 1 aliphatic carbocycles. The monoisotopic (exact) mass is 270 g/mol. The smallest absolute Gasteiger partial charge is 0.230 e. The summed E-state index contributed by atoms with van der Waals surface area (Å²) in [5, 5.41) is 4.05. The minimum atomic E-state index is 0.300. The molecular formula is C14H14N4O2. The average molecular weight is 270 g/mol. The number of aromatic nitrogens is 4. The molecule has 0 spiro atoms. The summed E-state index contributed by atoms with van der Waals surface area (Å²) < 4.78 is 12.7. The highest BCUT2D eigenvalue weighted by Gasteiger charge is 2.45. The minimum absolute atomic E-state index is 0.300. The second-order valence-corrected chi connectivity index (χ2v) is 5.19. The number of aryl methyl sites for hydroxylation is 1. The minimum Gasteiger partial charge on any atom is -0.469 e. The molecule has 6 nitrogen and oxygen atoms in total. The Labute approximate surface area is 115 Å². The Hall–Kier alpha value is -2.37. The van der Waals surface area contributed by atoms with Gasteiger partial charge in [0.25, 0.3) is 0 Å². The van der Waals surface area contributed by atoms with Crippen molar-refractivity contribution >= 4 is 0 Å². The second-order valence-electron chi connectivity index (χ2n) is 5.19. The van der Waals surface area contributed by atoms with Crippen LogP contribution in [-0.4, -0.2) is 19.7 Å². The maximum absolute atomic E-state index is 5.42. The van der Waals surface area contributed by atoms with Crippen molar-refractivity contribution in [3.63, 3.8) is 0 Å². The number of rotatable bonds is 4. The van der Waals surface area contributed by atoms with Gasteiger partial charge in [-0.3, -0.25) is 0 Å². The first-order valence-electron chi connectivity index (χ1n) is 6.62. The zero-order valence-electron chi connectivity index (χ0n) is 11.1. The van der Waals surface area contributed by atoms with Crippen molar-refractivity contribution in [1.82, 2.24) is 19.7 Å². The van der Waals surface area contributed by atoms with Gasteiger partial charge in [-0.05, 0) is 18.6 Å². The van der Waals surface area contributed by atoms with E-state index in [4.69, 9.17) is 8.94 Å². The lowest BCUT2D eigenvalue weighted by Gasteiger charge is -1.96. The average Bonchev–Trinajstić information content (AvgIpc) is 2.90. The van der Waals surface area contributed by atoms with Crippen LogP contribution in [0.4, 0.5) is 0 Å². The lowest BCUT2D eigenvalue weighted by molar-refractivity contribution is 0.371. The molecule has 0 N–H and O–H groups in total. The van der Waals surface area contributed by atoms with Gasteiger partial charge < -0.3 is 13.5 Å². The van der Waals surface area contributed by atoms with Crippen LogP contribution in [0.25, 0.3) is 0 Å². The van der Waals surface area contributed by atoms with Crippen LogP contribution in [0.15, 0.2) is 39.9 Å². The summed E-state index contributed by atoms with van der Waals surface area (Å²) in [6.45, 7) is 0. The first-order valence-corrected chi connectivity index (χ1v) is 6.62. The van der Waals surface area contributed by atoms with Gasteiger partial charge in [0.15, 0.2) is 5.82 Å². The predicted octanol–water partition coefficient (Wildman–Crippen LogP) is 2.26. The molecule has 0 bridgehead atoms. The van der Waals surface area contributed by atoms with E-state index in [-0.39, 0.29) is 0 Å². The number of imidazole rings is 1. The van der Waals surface area contributed by atoms with Crippen LogP contribution in [0.3, 0.4) is 0 Å². The molecule has 0 unspecified atom stereocenters. The van der Waals surface area contributed by atoms with Crippen LogP contribution in [0.2, 0.25) is 0 Å². The van der Waals surface area contributed by atoms with Gasteiger partial charge in [-0.1, -0.05) is 5.16 Å². The zero-order chi connectivity index (χ0) is 13.5. The zero-order valence-corrected chi connectivity index (χ0v) is 11.1. The third kappa shape index (κ3) is 1.93. The first-order chi connectivity index (χ1) is 9.81. The molecule has 0 radical (unpaired) electrons. The number of nitrogens with zero attached hydrogens (tertiary/aromatic N) is 4. The summed E-state index contributed by atoms with van der Waals surface area (Å²) in [6, 6.07) is 3.91.